The fourth-order valence-corrected chi connectivity index (χ4v) is 4.03. The summed E-state index contributed by atoms with van der Waals surface area (Å²) in [6.07, 6.45) is 8.23. The number of imidazole rings is 1. The third kappa shape index (κ3) is 7.66. The molecule has 0 bridgehead atoms. The molecule has 6 nitrogen and oxygen atoms in total. The largest absolute Gasteiger partial charge is 0.369 e. The van der Waals surface area contributed by atoms with Crippen LogP contribution in [0.5, 0.6) is 0 Å². The van der Waals surface area contributed by atoms with Gasteiger partial charge >= 0.3 is 0 Å². The minimum atomic E-state index is -0.173. The Morgan fingerprint density at radius 2 is 2.13 bits per heavy atom. The third-order valence-electron chi connectivity index (χ3n) is 5.61. The molecule has 1 aliphatic rings. The number of nitrogens with zero attached hydrogens (tertiary/aromatic N) is 4. The summed E-state index contributed by atoms with van der Waals surface area (Å²) in [5, 5.41) is 6.98. The second-order valence-electron chi connectivity index (χ2n) is 8.00. The molecule has 8 heteroatoms. The number of aryl methyl sites for hydroxylation is 3. The van der Waals surface area contributed by atoms with Gasteiger partial charge in [0.05, 0.1) is 0 Å². The molecule has 0 amide bonds. The Kier molecular flexibility index (Phi) is 10.6. The van der Waals surface area contributed by atoms with Gasteiger partial charge in [0.25, 0.3) is 0 Å². The Bertz CT molecular complexity index is 837. The molecule has 31 heavy (non-hydrogen) atoms. The average molecular weight is 542 g/mol. The minimum Gasteiger partial charge on any atom is -0.369 e. The van der Waals surface area contributed by atoms with Gasteiger partial charge in [-0.1, -0.05) is 0 Å². The highest BCUT2D eigenvalue weighted by Crippen LogP contribution is 2.24. The van der Waals surface area contributed by atoms with Crippen LogP contribution < -0.4 is 15.5 Å². The van der Waals surface area contributed by atoms with E-state index in [2.05, 4.69) is 32.0 Å². The molecule has 2 N–H and O–H groups in total. The van der Waals surface area contributed by atoms with Crippen LogP contribution in [0.15, 0.2) is 35.6 Å². The fourth-order valence-electron chi connectivity index (χ4n) is 4.03. The third-order valence-corrected chi connectivity index (χ3v) is 5.61. The number of hydrogen-bond donors (Lipinski definition) is 2. The second-order valence-corrected chi connectivity index (χ2v) is 8.00. The van der Waals surface area contributed by atoms with E-state index in [-0.39, 0.29) is 29.8 Å². The number of aromatic nitrogens is 2. The van der Waals surface area contributed by atoms with Crippen LogP contribution in [-0.2, 0) is 6.54 Å². The van der Waals surface area contributed by atoms with Crippen molar-refractivity contribution in [3.63, 3.8) is 0 Å². The Morgan fingerprint density at radius 3 is 2.84 bits per heavy atom. The molecule has 0 aliphatic carbocycles. The van der Waals surface area contributed by atoms with Crippen molar-refractivity contribution in [2.75, 3.05) is 31.1 Å². The lowest BCUT2D eigenvalue weighted by Gasteiger charge is -2.36. The van der Waals surface area contributed by atoms with Gasteiger partial charge in [0.2, 0.25) is 0 Å². The van der Waals surface area contributed by atoms with Crippen LogP contribution in [0.1, 0.15) is 44.0 Å². The van der Waals surface area contributed by atoms with Crippen LogP contribution in [0.4, 0.5) is 10.1 Å². The first kappa shape index (κ1) is 25.4. The Hall–Kier alpha value is -1.84. The molecule has 1 saturated heterocycles. The number of benzene rings is 1. The van der Waals surface area contributed by atoms with E-state index in [4.69, 9.17) is 4.99 Å². The van der Waals surface area contributed by atoms with E-state index in [1.807, 2.05) is 32.3 Å². The minimum absolute atomic E-state index is 0. The van der Waals surface area contributed by atoms with Gasteiger partial charge in [-0.2, -0.15) is 0 Å². The van der Waals surface area contributed by atoms with Crippen molar-refractivity contribution in [2.24, 2.45) is 4.99 Å². The predicted molar refractivity (Wildman–Crippen MR) is 137 cm³/mol. The molecule has 2 aromatic rings. The number of rotatable bonds is 8. The van der Waals surface area contributed by atoms with Gasteiger partial charge in [-0.3, -0.25) is 4.99 Å². The number of halogens is 2. The highest BCUT2D eigenvalue weighted by atomic mass is 127. The standard InChI is InChI=1S/C23H35FN6.HI/c1-4-25-23(27-11-5-6-13-29-15-12-26-19(29)3)28-21-8-7-14-30(17-21)22-10-9-20(24)16-18(22)2;/h9-10,12,15-16,21H,4-8,11,13-14,17H2,1-3H3,(H2,25,27,28);1H. The molecule has 0 saturated carbocycles. The topological polar surface area (TPSA) is 57.5 Å². The SMILES string of the molecule is CCNC(=NCCCCn1ccnc1C)NC1CCCN(c2ccc(F)cc2C)C1.I. The smallest absolute Gasteiger partial charge is 0.191 e. The lowest BCUT2D eigenvalue weighted by molar-refractivity contribution is 0.467. The molecule has 0 radical (unpaired) electrons. The zero-order valence-electron chi connectivity index (χ0n) is 18.9. The molecule has 1 atom stereocenters. The predicted octanol–water partition coefficient (Wildman–Crippen LogP) is 4.26. The van der Waals surface area contributed by atoms with Crippen LogP contribution in [0, 0.1) is 19.7 Å². The Balaban J connectivity index is 0.00000341. The zero-order chi connectivity index (χ0) is 21.3. The molecule has 1 aromatic heterocycles. The summed E-state index contributed by atoms with van der Waals surface area (Å²) >= 11 is 0. The van der Waals surface area contributed by atoms with Crippen molar-refractivity contribution in [1.29, 1.82) is 0 Å². The summed E-state index contributed by atoms with van der Waals surface area (Å²) in [7, 11) is 0. The summed E-state index contributed by atoms with van der Waals surface area (Å²) in [4.78, 5) is 11.4. The average Bonchev–Trinajstić information content (AvgIpc) is 3.13. The van der Waals surface area contributed by atoms with E-state index in [1.165, 1.54) is 0 Å². The fraction of sp³-hybridized carbons (Fsp3) is 0.565. The number of piperidine rings is 1. The summed E-state index contributed by atoms with van der Waals surface area (Å²) in [6, 6.07) is 5.39. The molecule has 0 spiro atoms. The first-order chi connectivity index (χ1) is 14.6. The maximum absolute atomic E-state index is 13.5. The van der Waals surface area contributed by atoms with E-state index in [0.29, 0.717) is 6.04 Å². The molecule has 1 aromatic carbocycles. The van der Waals surface area contributed by atoms with Crippen LogP contribution >= 0.6 is 24.0 Å². The number of hydrogen-bond acceptors (Lipinski definition) is 3. The molecular weight excluding hydrogens is 506 g/mol. The van der Waals surface area contributed by atoms with Crippen molar-refractivity contribution in [1.82, 2.24) is 20.2 Å². The van der Waals surface area contributed by atoms with Gasteiger partial charge in [0.15, 0.2) is 5.96 Å². The van der Waals surface area contributed by atoms with Gasteiger partial charge in [-0.25, -0.2) is 9.37 Å². The molecule has 1 aliphatic heterocycles. The monoisotopic (exact) mass is 542 g/mol. The summed E-state index contributed by atoms with van der Waals surface area (Å²) < 4.78 is 15.6. The van der Waals surface area contributed by atoms with Gasteiger partial charge in [-0.15, -0.1) is 24.0 Å². The molecule has 1 fully saturated rings. The van der Waals surface area contributed by atoms with Gasteiger partial charge in [0, 0.05) is 56.8 Å². The summed E-state index contributed by atoms with van der Waals surface area (Å²) in [5.74, 6) is 1.78. The van der Waals surface area contributed by atoms with Gasteiger partial charge in [-0.05, 0) is 70.2 Å². The molecular formula is C23H36FIN6. The van der Waals surface area contributed by atoms with Crippen molar-refractivity contribution in [3.05, 3.63) is 47.8 Å². The number of guanidine groups is 1. The number of unbranched alkanes of at least 4 members (excludes halogenated alkanes) is 1. The molecule has 172 valence electrons. The first-order valence-electron chi connectivity index (χ1n) is 11.1. The molecule has 1 unspecified atom stereocenters. The summed E-state index contributed by atoms with van der Waals surface area (Å²) in [6.45, 7) is 10.6. The normalized spacial score (nSPS) is 16.7. The van der Waals surface area contributed by atoms with E-state index in [1.54, 1.807) is 12.1 Å². The van der Waals surface area contributed by atoms with E-state index in [0.717, 1.165) is 81.4 Å². The molecule has 3 rings (SSSR count). The van der Waals surface area contributed by atoms with E-state index < -0.39 is 0 Å². The molecule has 2 heterocycles. The highest BCUT2D eigenvalue weighted by Gasteiger charge is 2.22. The van der Waals surface area contributed by atoms with Crippen LogP contribution in [0.2, 0.25) is 0 Å². The van der Waals surface area contributed by atoms with E-state index in [9.17, 15) is 4.39 Å². The number of aliphatic imine (C=N–C) groups is 1. The lowest BCUT2D eigenvalue weighted by Crippen LogP contribution is -2.51. The number of anilines is 1. The Labute approximate surface area is 202 Å². The highest BCUT2D eigenvalue weighted by molar-refractivity contribution is 14.0. The van der Waals surface area contributed by atoms with Crippen LogP contribution in [-0.4, -0.2) is 47.7 Å². The van der Waals surface area contributed by atoms with Crippen molar-refractivity contribution >= 4 is 35.6 Å². The summed E-state index contributed by atoms with van der Waals surface area (Å²) in [5.41, 5.74) is 2.11. The van der Waals surface area contributed by atoms with Crippen molar-refractivity contribution < 1.29 is 4.39 Å². The van der Waals surface area contributed by atoms with Gasteiger partial charge < -0.3 is 20.1 Å². The van der Waals surface area contributed by atoms with Gasteiger partial charge in [0.1, 0.15) is 11.6 Å². The van der Waals surface area contributed by atoms with Crippen molar-refractivity contribution in [3.8, 4) is 0 Å². The van der Waals surface area contributed by atoms with Crippen LogP contribution in [0.3, 0.4) is 0 Å². The second kappa shape index (κ2) is 12.9. The Morgan fingerprint density at radius 1 is 1.29 bits per heavy atom. The number of nitrogens with one attached hydrogen (secondary N) is 2. The maximum Gasteiger partial charge on any atom is 0.191 e. The maximum atomic E-state index is 13.5. The van der Waals surface area contributed by atoms with E-state index >= 15 is 0 Å². The van der Waals surface area contributed by atoms with Crippen molar-refractivity contribution in [2.45, 2.75) is 59.0 Å². The zero-order valence-corrected chi connectivity index (χ0v) is 21.2. The quantitative estimate of drug-likeness (QED) is 0.227. The lowest BCUT2D eigenvalue weighted by atomic mass is 10.0. The first-order valence-corrected chi connectivity index (χ1v) is 11.1. The van der Waals surface area contributed by atoms with Crippen LogP contribution in [0.25, 0.3) is 0 Å².